The minimum Gasteiger partial charge on any atom is -0.495 e. The van der Waals surface area contributed by atoms with Crippen LogP contribution >= 0.6 is 11.6 Å². The number of anilines is 1. The van der Waals surface area contributed by atoms with E-state index in [0.29, 0.717) is 23.0 Å². The number of rotatable bonds is 6. The molecule has 0 aliphatic rings. The lowest BCUT2D eigenvalue weighted by Gasteiger charge is -2.23. The average Bonchev–Trinajstić information content (AvgIpc) is 2.44. The number of amides is 2. The molecular weight excluding hydrogens is 292 g/mol. The van der Waals surface area contributed by atoms with Crippen LogP contribution in [0.2, 0.25) is 5.02 Å². The minimum absolute atomic E-state index is 0.302. The van der Waals surface area contributed by atoms with Gasteiger partial charge in [0.2, 0.25) is 11.8 Å². The summed E-state index contributed by atoms with van der Waals surface area (Å²) in [6, 6.07) is 4.86. The maximum Gasteiger partial charge on any atom is 0.239 e. The number of halogens is 1. The number of ether oxygens (including phenoxy) is 1. The number of methoxy groups -OCH3 is 1. The highest BCUT2D eigenvalue weighted by Crippen LogP contribution is 2.29. The van der Waals surface area contributed by atoms with Crippen molar-refractivity contribution in [1.82, 2.24) is 5.32 Å². The normalized spacial score (nSPS) is 10.7. The third kappa shape index (κ3) is 4.23. The molecule has 0 aliphatic carbocycles. The van der Waals surface area contributed by atoms with Gasteiger partial charge >= 0.3 is 0 Å². The van der Waals surface area contributed by atoms with E-state index in [1.54, 1.807) is 24.3 Å². The van der Waals surface area contributed by atoms with E-state index >= 15 is 0 Å². The van der Waals surface area contributed by atoms with Crippen molar-refractivity contribution < 1.29 is 14.3 Å². The predicted octanol–water partition coefficient (Wildman–Crippen LogP) is 2.62. The number of hydrogen-bond donors (Lipinski definition) is 2. The molecule has 0 atom stereocenters. The van der Waals surface area contributed by atoms with Crippen LogP contribution in [0.4, 0.5) is 5.69 Å². The van der Waals surface area contributed by atoms with Crippen LogP contribution in [0, 0.1) is 5.41 Å². The third-order valence-corrected chi connectivity index (χ3v) is 3.19. The molecule has 2 N–H and O–H groups in total. The fourth-order valence-corrected chi connectivity index (χ4v) is 1.72. The molecule has 0 radical (unpaired) electrons. The smallest absolute Gasteiger partial charge is 0.239 e. The molecule has 0 saturated carbocycles. The number of benzene rings is 1. The quantitative estimate of drug-likeness (QED) is 0.627. The molecule has 1 aromatic rings. The van der Waals surface area contributed by atoms with Crippen LogP contribution in [-0.4, -0.2) is 25.5 Å². The van der Waals surface area contributed by atoms with E-state index in [0.717, 1.165) is 0 Å². The molecule has 1 rings (SSSR count). The lowest BCUT2D eigenvalue weighted by molar-refractivity contribution is -0.138. The second-order valence-electron chi connectivity index (χ2n) is 4.92. The largest absolute Gasteiger partial charge is 0.495 e. The Labute approximate surface area is 129 Å². The summed E-state index contributed by atoms with van der Waals surface area (Å²) >= 11 is 5.91. The van der Waals surface area contributed by atoms with Gasteiger partial charge < -0.3 is 15.4 Å². The Morgan fingerprint density at radius 3 is 2.62 bits per heavy atom. The molecule has 5 nitrogen and oxygen atoms in total. The molecule has 0 unspecified atom stereocenters. The molecule has 0 aliphatic heterocycles. The van der Waals surface area contributed by atoms with Crippen molar-refractivity contribution in [3.8, 4) is 5.75 Å². The first-order valence-corrected chi connectivity index (χ1v) is 6.75. The average molecular weight is 311 g/mol. The fourth-order valence-electron chi connectivity index (χ4n) is 1.55. The summed E-state index contributed by atoms with van der Waals surface area (Å²) in [6.45, 7) is 6.89. The summed E-state index contributed by atoms with van der Waals surface area (Å²) in [4.78, 5) is 24.3. The molecule has 1 aromatic carbocycles. The highest BCUT2D eigenvalue weighted by molar-refractivity contribution is 6.31. The molecule has 0 aromatic heterocycles. The Balaban J connectivity index is 2.91. The highest BCUT2D eigenvalue weighted by Gasteiger charge is 2.36. The maximum atomic E-state index is 12.3. The summed E-state index contributed by atoms with van der Waals surface area (Å²) in [6.07, 6.45) is 1.55. The van der Waals surface area contributed by atoms with Gasteiger partial charge in [-0.1, -0.05) is 17.7 Å². The van der Waals surface area contributed by atoms with Gasteiger partial charge in [-0.25, -0.2) is 0 Å². The van der Waals surface area contributed by atoms with Crippen LogP contribution in [0.15, 0.2) is 30.9 Å². The zero-order valence-corrected chi connectivity index (χ0v) is 13.1. The van der Waals surface area contributed by atoms with Crippen molar-refractivity contribution in [2.45, 2.75) is 13.8 Å². The molecule has 0 bridgehead atoms. The van der Waals surface area contributed by atoms with Crippen LogP contribution < -0.4 is 15.4 Å². The summed E-state index contributed by atoms with van der Waals surface area (Å²) in [7, 11) is 1.49. The predicted molar refractivity (Wildman–Crippen MR) is 83.6 cm³/mol. The maximum absolute atomic E-state index is 12.3. The molecule has 0 spiro atoms. The Hall–Kier alpha value is -2.01. The van der Waals surface area contributed by atoms with E-state index < -0.39 is 11.3 Å². The molecule has 114 valence electrons. The standard InChI is InChI=1S/C15H19ClN2O3/c1-5-8-17-13(19)15(2,3)14(20)18-11-9-10(16)6-7-12(11)21-4/h5-7,9H,1,8H2,2-4H3,(H,17,19)(H,18,20). The van der Waals surface area contributed by atoms with E-state index in [2.05, 4.69) is 17.2 Å². The summed E-state index contributed by atoms with van der Waals surface area (Å²) in [5, 5.41) is 5.73. The van der Waals surface area contributed by atoms with Crippen LogP contribution in [0.1, 0.15) is 13.8 Å². The Kier molecular flexibility index (Phi) is 5.79. The van der Waals surface area contributed by atoms with Crippen molar-refractivity contribution in [2.24, 2.45) is 5.41 Å². The van der Waals surface area contributed by atoms with Crippen LogP contribution in [0.25, 0.3) is 0 Å². The third-order valence-electron chi connectivity index (χ3n) is 2.95. The second kappa shape index (κ2) is 7.13. The number of nitrogens with one attached hydrogen (secondary N) is 2. The zero-order valence-electron chi connectivity index (χ0n) is 12.3. The van der Waals surface area contributed by atoms with Crippen LogP contribution in [-0.2, 0) is 9.59 Å². The van der Waals surface area contributed by atoms with E-state index in [1.165, 1.54) is 21.0 Å². The second-order valence-corrected chi connectivity index (χ2v) is 5.36. The van der Waals surface area contributed by atoms with Crippen LogP contribution in [0.3, 0.4) is 0 Å². The Morgan fingerprint density at radius 2 is 2.05 bits per heavy atom. The molecule has 0 saturated heterocycles. The van der Waals surface area contributed by atoms with Gasteiger partial charge in [0.05, 0.1) is 12.8 Å². The van der Waals surface area contributed by atoms with E-state index in [-0.39, 0.29) is 5.91 Å². The monoisotopic (exact) mass is 310 g/mol. The van der Waals surface area contributed by atoms with Crippen molar-refractivity contribution in [3.05, 3.63) is 35.9 Å². The van der Waals surface area contributed by atoms with E-state index in [1.807, 2.05) is 0 Å². The number of hydrogen-bond acceptors (Lipinski definition) is 3. The van der Waals surface area contributed by atoms with Gasteiger partial charge in [-0.05, 0) is 32.0 Å². The van der Waals surface area contributed by atoms with Crippen molar-refractivity contribution >= 4 is 29.1 Å². The summed E-state index contributed by atoms with van der Waals surface area (Å²) in [5.74, 6) is -0.374. The van der Waals surface area contributed by atoms with Gasteiger partial charge in [-0.3, -0.25) is 9.59 Å². The molecule has 2 amide bonds. The first-order chi connectivity index (χ1) is 9.82. The van der Waals surface area contributed by atoms with E-state index in [4.69, 9.17) is 16.3 Å². The van der Waals surface area contributed by atoms with Gasteiger partial charge in [0.25, 0.3) is 0 Å². The number of carbonyl (C=O) groups is 2. The first-order valence-electron chi connectivity index (χ1n) is 6.37. The lowest BCUT2D eigenvalue weighted by Crippen LogP contribution is -2.45. The SMILES string of the molecule is C=CCNC(=O)C(C)(C)C(=O)Nc1cc(Cl)ccc1OC. The van der Waals surface area contributed by atoms with Crippen molar-refractivity contribution in [2.75, 3.05) is 19.0 Å². The first kappa shape index (κ1) is 17.0. The lowest BCUT2D eigenvalue weighted by atomic mass is 9.91. The van der Waals surface area contributed by atoms with Crippen molar-refractivity contribution in [3.63, 3.8) is 0 Å². The molecule has 0 fully saturated rings. The van der Waals surface area contributed by atoms with Crippen LogP contribution in [0.5, 0.6) is 5.75 Å². The van der Waals surface area contributed by atoms with Gasteiger partial charge in [0.1, 0.15) is 11.2 Å². The van der Waals surface area contributed by atoms with Gasteiger partial charge in [-0.2, -0.15) is 0 Å². The van der Waals surface area contributed by atoms with Crippen molar-refractivity contribution in [1.29, 1.82) is 0 Å². The van der Waals surface area contributed by atoms with E-state index in [9.17, 15) is 9.59 Å². The van der Waals surface area contributed by atoms with Gasteiger partial charge in [-0.15, -0.1) is 6.58 Å². The molecule has 21 heavy (non-hydrogen) atoms. The summed E-state index contributed by atoms with van der Waals surface area (Å²) < 4.78 is 5.15. The van der Waals surface area contributed by atoms with Gasteiger partial charge in [0.15, 0.2) is 0 Å². The Morgan fingerprint density at radius 1 is 1.38 bits per heavy atom. The summed E-state index contributed by atoms with van der Waals surface area (Å²) in [5.41, 5.74) is -0.823. The minimum atomic E-state index is -1.24. The highest BCUT2D eigenvalue weighted by atomic mass is 35.5. The molecule has 0 heterocycles. The fraction of sp³-hybridized carbons (Fsp3) is 0.333. The number of carbonyl (C=O) groups excluding carboxylic acids is 2. The molecule has 6 heteroatoms. The molecular formula is C15H19ClN2O3. The topological polar surface area (TPSA) is 67.4 Å². The zero-order chi connectivity index (χ0) is 16.0. The van der Waals surface area contributed by atoms with Gasteiger partial charge in [0, 0.05) is 11.6 Å². The Bertz CT molecular complexity index is 556.